The topological polar surface area (TPSA) is 98.9 Å². The second-order valence-corrected chi connectivity index (χ2v) is 12.4. The average molecular weight is 618 g/mol. The predicted octanol–water partition coefficient (Wildman–Crippen LogP) is 5.21. The van der Waals surface area contributed by atoms with Crippen LogP contribution < -0.4 is 5.32 Å². The van der Waals surface area contributed by atoms with Crippen molar-refractivity contribution in [2.75, 3.05) is 6.54 Å². The molecule has 42 heavy (non-hydrogen) atoms. The second kappa shape index (κ2) is 10.7. The van der Waals surface area contributed by atoms with Crippen LogP contribution in [0.4, 0.5) is 18.0 Å². The molecule has 6 heterocycles. The van der Waals surface area contributed by atoms with E-state index in [1.54, 1.807) is 12.3 Å². The molecule has 7 rings (SSSR count). The lowest BCUT2D eigenvalue weighted by Crippen LogP contribution is -2.54. The minimum Gasteiger partial charge on any atom is -0.393 e. The number of aliphatic imine (C=N–C) groups is 1. The van der Waals surface area contributed by atoms with E-state index in [0.717, 1.165) is 18.5 Å². The Balaban J connectivity index is 1.29. The Labute approximate surface area is 248 Å². The molecule has 0 radical (unpaired) electrons. The summed E-state index contributed by atoms with van der Waals surface area (Å²) >= 11 is 7.93. The molecule has 0 spiro atoms. The first kappa shape index (κ1) is 27.4. The number of carbonyl (C=O) groups excluding carboxylic acids is 1. The van der Waals surface area contributed by atoms with E-state index in [9.17, 15) is 23.1 Å². The molecule has 220 valence electrons. The van der Waals surface area contributed by atoms with E-state index >= 15 is 0 Å². The maximum atomic E-state index is 14.0. The highest BCUT2D eigenvalue weighted by Crippen LogP contribution is 2.46. The normalized spacial score (nSPS) is 27.1. The number of nitrogens with zero attached hydrogens (tertiary/aromatic N) is 6. The highest BCUT2D eigenvalue weighted by molar-refractivity contribution is 7.11. The minimum atomic E-state index is -2.83. The van der Waals surface area contributed by atoms with Crippen molar-refractivity contribution < 1.29 is 23.1 Å². The lowest BCUT2D eigenvalue weighted by Gasteiger charge is -2.37. The smallest absolute Gasteiger partial charge is 0.333 e. The molecule has 0 aliphatic carbocycles. The highest BCUT2D eigenvalue weighted by atomic mass is 35.5. The zero-order valence-electron chi connectivity index (χ0n) is 22.2. The van der Waals surface area contributed by atoms with Crippen LogP contribution in [-0.2, 0) is 0 Å². The fourth-order valence-electron chi connectivity index (χ4n) is 6.78. The van der Waals surface area contributed by atoms with Crippen molar-refractivity contribution in [3.63, 3.8) is 0 Å². The van der Waals surface area contributed by atoms with Crippen LogP contribution in [0.15, 0.2) is 52.7 Å². The monoisotopic (exact) mass is 617 g/mol. The number of aliphatic hydroxyl groups excluding tert-OH is 1. The van der Waals surface area contributed by atoms with Crippen LogP contribution in [-0.4, -0.2) is 72.3 Å². The van der Waals surface area contributed by atoms with Gasteiger partial charge in [-0.3, -0.25) is 4.99 Å². The number of halogens is 4. The maximum absolute atomic E-state index is 14.0. The Morgan fingerprint density at radius 2 is 1.98 bits per heavy atom. The van der Waals surface area contributed by atoms with E-state index in [4.69, 9.17) is 16.6 Å². The Bertz CT molecular complexity index is 1560. The first-order valence-corrected chi connectivity index (χ1v) is 15.1. The molecule has 5 atom stereocenters. The summed E-state index contributed by atoms with van der Waals surface area (Å²) in [6.07, 6.45) is 5.75. The van der Waals surface area contributed by atoms with Crippen LogP contribution >= 0.6 is 22.9 Å². The third-order valence-corrected chi connectivity index (χ3v) is 9.59. The summed E-state index contributed by atoms with van der Waals surface area (Å²) in [5.74, 6) is 0.0460. The SMILES string of the molecule is O=C(N[C@H]1CC2=C(c3ccn(C(F)F)n3)[C@H](c3ccc(F)cc3Cl)N=C(c3nccs3)N2C1)N1C2CC[C@H]1CC(O)C2. The van der Waals surface area contributed by atoms with Gasteiger partial charge in [0.15, 0.2) is 10.8 Å². The third kappa shape index (κ3) is 4.77. The molecule has 9 nitrogen and oxygen atoms in total. The summed E-state index contributed by atoms with van der Waals surface area (Å²) in [5.41, 5.74) is 2.10. The van der Waals surface area contributed by atoms with Crippen LogP contribution in [0.3, 0.4) is 0 Å². The largest absolute Gasteiger partial charge is 0.393 e. The first-order chi connectivity index (χ1) is 20.3. The van der Waals surface area contributed by atoms with E-state index in [-0.39, 0.29) is 41.0 Å². The number of piperidine rings is 1. The van der Waals surface area contributed by atoms with Gasteiger partial charge in [-0.1, -0.05) is 17.7 Å². The molecule has 0 saturated carbocycles. The minimum absolute atomic E-state index is 0.00765. The number of fused-ring (bicyclic) bond motifs is 3. The van der Waals surface area contributed by atoms with Gasteiger partial charge in [0, 0.05) is 64.7 Å². The van der Waals surface area contributed by atoms with Crippen molar-refractivity contribution in [3.8, 4) is 0 Å². The van der Waals surface area contributed by atoms with Gasteiger partial charge in [0.05, 0.1) is 17.8 Å². The quantitative estimate of drug-likeness (QED) is 0.410. The summed E-state index contributed by atoms with van der Waals surface area (Å²) in [6, 6.07) is 4.27. The number of nitrogens with one attached hydrogen (secondary N) is 1. The van der Waals surface area contributed by atoms with E-state index in [1.807, 2.05) is 15.2 Å². The van der Waals surface area contributed by atoms with Gasteiger partial charge in [-0.05, 0) is 43.9 Å². The Morgan fingerprint density at radius 1 is 1.19 bits per heavy atom. The summed E-state index contributed by atoms with van der Waals surface area (Å²) < 4.78 is 41.8. The van der Waals surface area contributed by atoms with Gasteiger partial charge in [0.25, 0.3) is 0 Å². The Hall–Kier alpha value is -3.42. The number of hydrogen-bond acceptors (Lipinski definition) is 7. The first-order valence-electron chi connectivity index (χ1n) is 13.8. The van der Waals surface area contributed by atoms with Gasteiger partial charge >= 0.3 is 12.6 Å². The number of alkyl halides is 2. The molecular weight excluding hydrogens is 591 g/mol. The van der Waals surface area contributed by atoms with Gasteiger partial charge in [-0.2, -0.15) is 13.9 Å². The number of hydrogen-bond donors (Lipinski definition) is 2. The molecule has 3 saturated heterocycles. The Kier molecular flexibility index (Phi) is 6.98. The van der Waals surface area contributed by atoms with Crippen molar-refractivity contribution in [1.29, 1.82) is 0 Å². The molecule has 2 unspecified atom stereocenters. The lowest BCUT2D eigenvalue weighted by molar-refractivity contribution is 0.0534. The summed E-state index contributed by atoms with van der Waals surface area (Å²) in [5, 5.41) is 20.2. The van der Waals surface area contributed by atoms with Crippen LogP contribution in [0.25, 0.3) is 5.57 Å². The fourth-order valence-corrected chi connectivity index (χ4v) is 7.69. The van der Waals surface area contributed by atoms with Gasteiger partial charge in [0.1, 0.15) is 11.9 Å². The molecular formula is C28H27ClF3N7O2S. The second-order valence-electron chi connectivity index (χ2n) is 11.1. The third-order valence-electron chi connectivity index (χ3n) is 8.50. The number of rotatable bonds is 5. The number of amidine groups is 1. The fraction of sp³-hybridized carbons (Fsp3) is 0.429. The van der Waals surface area contributed by atoms with Crippen LogP contribution in [0.5, 0.6) is 0 Å². The zero-order valence-corrected chi connectivity index (χ0v) is 23.8. The van der Waals surface area contributed by atoms with E-state index in [0.29, 0.717) is 52.5 Å². The summed E-state index contributed by atoms with van der Waals surface area (Å²) in [4.78, 5) is 26.9. The van der Waals surface area contributed by atoms with E-state index < -0.39 is 18.4 Å². The number of thiazole rings is 1. The highest BCUT2D eigenvalue weighted by Gasteiger charge is 2.45. The molecule has 2 aromatic heterocycles. The van der Waals surface area contributed by atoms with Crippen molar-refractivity contribution >= 4 is 40.4 Å². The molecule has 3 fully saturated rings. The van der Waals surface area contributed by atoms with Crippen LogP contribution in [0.1, 0.15) is 61.0 Å². The van der Waals surface area contributed by atoms with Gasteiger partial charge < -0.3 is 20.2 Å². The van der Waals surface area contributed by atoms with Crippen molar-refractivity contribution in [1.82, 2.24) is 29.9 Å². The van der Waals surface area contributed by atoms with Crippen molar-refractivity contribution in [3.05, 3.63) is 74.8 Å². The zero-order chi connectivity index (χ0) is 29.1. The van der Waals surface area contributed by atoms with Crippen LogP contribution in [0.2, 0.25) is 5.02 Å². The molecule has 3 aromatic rings. The van der Waals surface area contributed by atoms with Gasteiger partial charge in [0.2, 0.25) is 0 Å². The van der Waals surface area contributed by atoms with E-state index in [1.165, 1.54) is 35.7 Å². The van der Waals surface area contributed by atoms with Crippen molar-refractivity contribution in [2.24, 2.45) is 4.99 Å². The molecule has 2 bridgehead atoms. The molecule has 2 N–H and O–H groups in total. The maximum Gasteiger partial charge on any atom is 0.333 e. The molecule has 2 amide bonds. The van der Waals surface area contributed by atoms with Crippen LogP contribution in [0, 0.1) is 5.82 Å². The van der Waals surface area contributed by atoms with Gasteiger partial charge in [-0.25, -0.2) is 18.9 Å². The lowest BCUT2D eigenvalue weighted by atomic mass is 9.92. The number of carbonyl (C=O) groups is 1. The molecule has 4 aliphatic rings. The van der Waals surface area contributed by atoms with Gasteiger partial charge in [-0.15, -0.1) is 11.3 Å². The molecule has 4 aliphatic heterocycles. The number of urea groups is 1. The number of aliphatic hydroxyl groups is 1. The van der Waals surface area contributed by atoms with Crippen molar-refractivity contribution in [2.45, 2.75) is 68.9 Å². The number of benzene rings is 1. The predicted molar refractivity (Wildman–Crippen MR) is 151 cm³/mol. The summed E-state index contributed by atoms with van der Waals surface area (Å²) in [7, 11) is 0. The van der Waals surface area contributed by atoms with E-state index in [2.05, 4.69) is 15.4 Å². The number of aromatic nitrogens is 3. The standard InChI is InChI=1S/C28H27ClF3N7O2S/c29-20-9-14(30)1-4-19(20)24-23(21-5-7-38(36-21)27(31)32)22-10-15(13-37(22)25(35-24)26-33-6-8-42-26)34-28(41)39-16-2-3-17(39)12-18(40)11-16/h1,4-9,15-18,24,27,40H,2-3,10-13H2,(H,34,41)/t15-,16-,17?,18?,24-/m0/s1. The Morgan fingerprint density at radius 3 is 2.64 bits per heavy atom. The number of amides is 2. The average Bonchev–Trinajstić information content (AvgIpc) is 3.74. The summed E-state index contributed by atoms with van der Waals surface area (Å²) in [6.45, 7) is -2.45. The molecule has 14 heteroatoms. The molecule has 1 aromatic carbocycles.